The lowest BCUT2D eigenvalue weighted by molar-refractivity contribution is -0.143. The third kappa shape index (κ3) is 10.1. The predicted molar refractivity (Wildman–Crippen MR) is 200 cm³/mol. The summed E-state index contributed by atoms with van der Waals surface area (Å²) < 4.78 is 10.1. The first-order valence-electron chi connectivity index (χ1n) is 17.2. The average Bonchev–Trinajstić information content (AvgIpc) is 3.59. The Hall–Kier alpha value is -2.22. The van der Waals surface area contributed by atoms with Crippen LogP contribution in [0.3, 0.4) is 0 Å². The third-order valence-electron chi connectivity index (χ3n) is 8.84. The van der Waals surface area contributed by atoms with Crippen LogP contribution in [0, 0.1) is 13.8 Å². The Morgan fingerprint density at radius 3 is 1.78 bits per heavy atom. The molecule has 0 saturated carbocycles. The Morgan fingerprint density at radius 2 is 1.24 bits per heavy atom. The minimum Gasteiger partial charge on any atom is -0.466 e. The zero-order chi connectivity index (χ0) is 32.8. The second-order valence-corrected chi connectivity index (χ2v) is 16.0. The minimum absolute atomic E-state index is 0.0209. The topological polar surface area (TPSA) is 52.6 Å². The summed E-state index contributed by atoms with van der Waals surface area (Å²) in [4.78, 5) is 26.0. The number of aryl methyl sites for hydroxylation is 2. The summed E-state index contributed by atoms with van der Waals surface area (Å²) in [5, 5.41) is 0. The number of carbonyl (C=O) groups excluding carboxylic acids is 2. The van der Waals surface area contributed by atoms with Gasteiger partial charge in [-0.1, -0.05) is 61.6 Å². The monoisotopic (exact) mass is 680 g/mol. The summed E-state index contributed by atoms with van der Waals surface area (Å²) >= 11 is 5.62. The SMILES string of the molecule is CCOC(=O)CCSCCCCCC1(CCCCCSCCC(=O)OCC)c2cc(C)ccc2-c2ccc(-c3ccc(C)s3)cc21. The van der Waals surface area contributed by atoms with Crippen molar-refractivity contribution < 1.29 is 19.1 Å². The summed E-state index contributed by atoms with van der Waals surface area (Å²) in [5.41, 5.74) is 8.56. The van der Waals surface area contributed by atoms with Crippen LogP contribution in [0.25, 0.3) is 21.6 Å². The molecule has 2 aromatic carbocycles. The van der Waals surface area contributed by atoms with E-state index in [9.17, 15) is 9.59 Å². The maximum atomic E-state index is 11.7. The normalized spacial score (nSPS) is 13.0. The van der Waals surface area contributed by atoms with Crippen molar-refractivity contribution in [2.45, 2.75) is 97.3 Å². The molecule has 4 nitrogen and oxygen atoms in total. The molecule has 0 unspecified atom stereocenters. The third-order valence-corrected chi connectivity index (χ3v) is 12.0. The van der Waals surface area contributed by atoms with Gasteiger partial charge < -0.3 is 9.47 Å². The molecule has 0 radical (unpaired) electrons. The van der Waals surface area contributed by atoms with E-state index in [1.54, 1.807) is 0 Å². The molecule has 0 atom stereocenters. The van der Waals surface area contributed by atoms with E-state index in [2.05, 4.69) is 62.4 Å². The van der Waals surface area contributed by atoms with E-state index in [0.29, 0.717) is 26.1 Å². The fourth-order valence-corrected chi connectivity index (χ4v) is 9.32. The Kier molecular flexibility index (Phi) is 15.1. The van der Waals surface area contributed by atoms with Crippen molar-refractivity contribution in [3.05, 3.63) is 70.1 Å². The quantitative estimate of drug-likeness (QED) is 0.0824. The summed E-state index contributed by atoms with van der Waals surface area (Å²) in [6, 6.07) is 18.8. The molecule has 0 fully saturated rings. The highest BCUT2D eigenvalue weighted by atomic mass is 32.2. The van der Waals surface area contributed by atoms with Crippen molar-refractivity contribution in [2.75, 3.05) is 36.2 Å². The Labute approximate surface area is 289 Å². The minimum atomic E-state index is -0.0850. The van der Waals surface area contributed by atoms with Crippen LogP contribution in [0.4, 0.5) is 0 Å². The van der Waals surface area contributed by atoms with E-state index in [-0.39, 0.29) is 17.4 Å². The van der Waals surface area contributed by atoms with Crippen LogP contribution >= 0.6 is 34.9 Å². The Morgan fingerprint density at radius 1 is 0.674 bits per heavy atom. The molecule has 1 aliphatic rings. The highest BCUT2D eigenvalue weighted by Gasteiger charge is 2.42. The van der Waals surface area contributed by atoms with Gasteiger partial charge in [0.25, 0.3) is 0 Å². The molecular weight excluding hydrogens is 629 g/mol. The number of hydrogen-bond donors (Lipinski definition) is 0. The molecular formula is C39H52O4S3. The van der Waals surface area contributed by atoms with Crippen LogP contribution in [-0.2, 0) is 24.5 Å². The molecule has 0 spiro atoms. The lowest BCUT2D eigenvalue weighted by Crippen LogP contribution is -2.25. The van der Waals surface area contributed by atoms with Gasteiger partial charge in [0.2, 0.25) is 0 Å². The molecule has 250 valence electrons. The molecule has 0 saturated heterocycles. The average molecular weight is 681 g/mol. The van der Waals surface area contributed by atoms with Crippen LogP contribution in [0.2, 0.25) is 0 Å². The second-order valence-electron chi connectivity index (χ2n) is 12.3. The zero-order valence-corrected chi connectivity index (χ0v) is 30.7. The molecule has 46 heavy (non-hydrogen) atoms. The van der Waals surface area contributed by atoms with Gasteiger partial charge in [0.1, 0.15) is 0 Å². The van der Waals surface area contributed by atoms with Gasteiger partial charge in [0.15, 0.2) is 0 Å². The second kappa shape index (κ2) is 18.9. The van der Waals surface area contributed by atoms with Crippen molar-refractivity contribution in [1.29, 1.82) is 0 Å². The number of fused-ring (bicyclic) bond motifs is 3. The Balaban J connectivity index is 1.45. The number of thioether (sulfide) groups is 2. The maximum Gasteiger partial charge on any atom is 0.306 e. The first-order valence-corrected chi connectivity index (χ1v) is 20.3. The molecule has 0 bridgehead atoms. The lowest BCUT2D eigenvalue weighted by Gasteiger charge is -2.33. The number of unbranched alkanes of at least 4 members (excludes halogenated alkanes) is 4. The molecule has 1 aromatic heterocycles. The maximum absolute atomic E-state index is 11.7. The molecule has 1 aliphatic carbocycles. The summed E-state index contributed by atoms with van der Waals surface area (Å²) in [6.45, 7) is 9.06. The number of esters is 2. The number of hydrogen-bond acceptors (Lipinski definition) is 7. The predicted octanol–water partition coefficient (Wildman–Crippen LogP) is 10.8. The van der Waals surface area contributed by atoms with Gasteiger partial charge >= 0.3 is 11.9 Å². The van der Waals surface area contributed by atoms with E-state index in [0.717, 1.165) is 35.9 Å². The molecule has 7 heteroatoms. The molecule has 0 amide bonds. The van der Waals surface area contributed by atoms with Gasteiger partial charge in [-0.2, -0.15) is 23.5 Å². The summed E-state index contributed by atoms with van der Waals surface area (Å²) in [7, 11) is 0. The van der Waals surface area contributed by atoms with E-state index < -0.39 is 0 Å². The smallest absolute Gasteiger partial charge is 0.306 e. The molecule has 1 heterocycles. The van der Waals surface area contributed by atoms with Crippen LogP contribution in [0.5, 0.6) is 0 Å². The number of ether oxygens (including phenoxy) is 2. The molecule has 4 rings (SSSR count). The molecule has 0 N–H and O–H groups in total. The van der Waals surface area contributed by atoms with Crippen molar-refractivity contribution in [3.8, 4) is 21.6 Å². The fraction of sp³-hybridized carbons (Fsp3) is 0.538. The highest BCUT2D eigenvalue weighted by Crippen LogP contribution is 2.55. The fourth-order valence-electron chi connectivity index (χ4n) is 6.61. The molecule has 3 aromatic rings. The number of benzene rings is 2. The van der Waals surface area contributed by atoms with Crippen molar-refractivity contribution in [1.82, 2.24) is 0 Å². The highest BCUT2D eigenvalue weighted by molar-refractivity contribution is 7.99. The standard InChI is InChI=1S/C39H52O4S3/c1-5-42-37(40)19-25-44-23-11-7-9-21-39(22-10-8-12-24-45-26-20-38(41)43-6-2)34-27-29(3)13-16-32(34)33-17-15-31(28-35(33)39)36-18-14-30(4)46-36/h13-18,27-28H,5-12,19-26H2,1-4H3. The first-order chi connectivity index (χ1) is 22.4. The van der Waals surface area contributed by atoms with Gasteiger partial charge in [-0.25, -0.2) is 0 Å². The van der Waals surface area contributed by atoms with E-state index in [1.807, 2.05) is 48.7 Å². The van der Waals surface area contributed by atoms with E-state index in [1.165, 1.54) is 81.7 Å². The Bertz CT molecular complexity index is 1380. The van der Waals surface area contributed by atoms with Crippen LogP contribution < -0.4 is 0 Å². The van der Waals surface area contributed by atoms with Crippen molar-refractivity contribution in [3.63, 3.8) is 0 Å². The largest absolute Gasteiger partial charge is 0.466 e. The van der Waals surface area contributed by atoms with Crippen LogP contribution in [0.15, 0.2) is 48.5 Å². The summed E-state index contributed by atoms with van der Waals surface area (Å²) in [6.07, 6.45) is 10.5. The van der Waals surface area contributed by atoms with Crippen LogP contribution in [-0.4, -0.2) is 48.2 Å². The lowest BCUT2D eigenvalue weighted by atomic mass is 9.70. The molecule has 0 aliphatic heterocycles. The number of thiophene rings is 1. The van der Waals surface area contributed by atoms with Gasteiger partial charge in [-0.15, -0.1) is 11.3 Å². The zero-order valence-electron chi connectivity index (χ0n) is 28.3. The van der Waals surface area contributed by atoms with Gasteiger partial charge in [0.05, 0.1) is 26.1 Å². The van der Waals surface area contributed by atoms with Crippen LogP contribution in [0.1, 0.15) is 99.6 Å². The van der Waals surface area contributed by atoms with Gasteiger partial charge in [-0.3, -0.25) is 9.59 Å². The number of rotatable bonds is 21. The van der Waals surface area contributed by atoms with E-state index in [4.69, 9.17) is 9.47 Å². The van der Waals surface area contributed by atoms with Crippen molar-refractivity contribution in [2.24, 2.45) is 0 Å². The van der Waals surface area contributed by atoms with Crippen molar-refractivity contribution >= 4 is 46.8 Å². The van der Waals surface area contributed by atoms with Gasteiger partial charge in [-0.05, 0) is 111 Å². The number of carbonyl (C=O) groups is 2. The van der Waals surface area contributed by atoms with Gasteiger partial charge in [0, 0.05) is 26.7 Å². The van der Waals surface area contributed by atoms with E-state index >= 15 is 0 Å². The summed E-state index contributed by atoms with van der Waals surface area (Å²) in [5.74, 6) is 3.70. The first kappa shape index (κ1) is 36.6.